The van der Waals surface area contributed by atoms with Gasteiger partial charge in [-0.2, -0.15) is 5.10 Å². The van der Waals surface area contributed by atoms with E-state index in [1.165, 1.54) is 11.1 Å². The van der Waals surface area contributed by atoms with Crippen molar-refractivity contribution in [2.45, 2.75) is 31.8 Å². The zero-order valence-electron chi connectivity index (χ0n) is 14.9. The van der Waals surface area contributed by atoms with Crippen LogP contribution in [0, 0.1) is 6.92 Å². The second-order valence-electron chi connectivity index (χ2n) is 6.98. The van der Waals surface area contributed by atoms with Crippen LogP contribution in [0.15, 0.2) is 36.7 Å². The van der Waals surface area contributed by atoms with Gasteiger partial charge in [-0.3, -0.25) is 9.48 Å². The molecule has 2 heterocycles. The zero-order chi connectivity index (χ0) is 17.3. The monoisotopic (exact) mass is 326 g/mol. The molecule has 2 atom stereocenters. The first-order valence-electron chi connectivity index (χ1n) is 8.47. The molecule has 0 aliphatic carbocycles. The highest BCUT2D eigenvalue weighted by Crippen LogP contribution is 2.26. The summed E-state index contributed by atoms with van der Waals surface area (Å²) in [5.74, 6) is 0.133. The molecule has 1 aliphatic rings. The lowest BCUT2D eigenvalue weighted by atomic mass is 10.0. The largest absolute Gasteiger partial charge is 0.334 e. The van der Waals surface area contributed by atoms with Crippen LogP contribution in [0.1, 0.15) is 27.9 Å². The second kappa shape index (κ2) is 6.77. The third-order valence-corrected chi connectivity index (χ3v) is 4.94. The number of likely N-dealkylation sites (tertiary alicyclic amines) is 1. The molecule has 5 heteroatoms. The number of amides is 1. The lowest BCUT2D eigenvalue weighted by molar-refractivity contribution is 0.0704. The van der Waals surface area contributed by atoms with Crippen molar-refractivity contribution < 1.29 is 4.79 Å². The number of nitrogens with zero attached hydrogens (tertiary/aromatic N) is 4. The molecule has 0 radical (unpaired) electrons. The average Bonchev–Trinajstić information content (AvgIpc) is 3.14. The van der Waals surface area contributed by atoms with Gasteiger partial charge in [-0.1, -0.05) is 17.7 Å². The van der Waals surface area contributed by atoms with Crippen LogP contribution >= 0.6 is 0 Å². The summed E-state index contributed by atoms with van der Waals surface area (Å²) < 4.78 is 1.82. The van der Waals surface area contributed by atoms with Gasteiger partial charge in [0.1, 0.15) is 0 Å². The van der Waals surface area contributed by atoms with E-state index in [1.807, 2.05) is 60.2 Å². The molecule has 128 valence electrons. The smallest absolute Gasteiger partial charge is 0.254 e. The minimum Gasteiger partial charge on any atom is -0.334 e. The van der Waals surface area contributed by atoms with Gasteiger partial charge < -0.3 is 9.80 Å². The molecular formula is C19H26N4O. The Kier molecular flexibility index (Phi) is 4.71. The van der Waals surface area contributed by atoms with E-state index in [-0.39, 0.29) is 11.9 Å². The fraction of sp³-hybridized carbons (Fsp3) is 0.474. The van der Waals surface area contributed by atoms with E-state index in [4.69, 9.17) is 0 Å². The van der Waals surface area contributed by atoms with Gasteiger partial charge in [-0.25, -0.2) is 0 Å². The standard InChI is InChI=1S/C19H26N4O/c1-14-5-7-16(8-6-14)19(24)23-10-9-17(21(2)3)18(23)11-15-12-20-22(4)13-15/h5-8,12-13,17-18H,9-11H2,1-4H3/t17-,18+/m1/s1. The van der Waals surface area contributed by atoms with E-state index < -0.39 is 0 Å². The van der Waals surface area contributed by atoms with Crippen molar-refractivity contribution in [1.82, 2.24) is 19.6 Å². The molecule has 2 aromatic rings. The van der Waals surface area contributed by atoms with Crippen LogP contribution in [-0.4, -0.2) is 58.2 Å². The van der Waals surface area contributed by atoms with Crippen LogP contribution in [0.25, 0.3) is 0 Å². The minimum atomic E-state index is 0.133. The van der Waals surface area contributed by atoms with Crippen molar-refractivity contribution in [1.29, 1.82) is 0 Å². The number of hydrogen-bond acceptors (Lipinski definition) is 3. The van der Waals surface area contributed by atoms with Crippen LogP contribution < -0.4 is 0 Å². The first-order chi connectivity index (χ1) is 11.5. The Bertz CT molecular complexity index is 704. The van der Waals surface area contributed by atoms with Gasteiger partial charge in [-0.15, -0.1) is 0 Å². The minimum absolute atomic E-state index is 0.133. The van der Waals surface area contributed by atoms with E-state index in [0.717, 1.165) is 24.9 Å². The van der Waals surface area contributed by atoms with E-state index in [9.17, 15) is 4.79 Å². The predicted octanol–water partition coefficient (Wildman–Crippen LogP) is 2.12. The highest BCUT2D eigenvalue weighted by Gasteiger charge is 2.38. The number of benzene rings is 1. The summed E-state index contributed by atoms with van der Waals surface area (Å²) in [5.41, 5.74) is 3.13. The fourth-order valence-electron chi connectivity index (χ4n) is 3.62. The third kappa shape index (κ3) is 3.36. The first-order valence-corrected chi connectivity index (χ1v) is 8.47. The van der Waals surface area contributed by atoms with E-state index in [2.05, 4.69) is 24.1 Å². The number of likely N-dealkylation sites (N-methyl/N-ethyl adjacent to an activating group) is 1. The van der Waals surface area contributed by atoms with Crippen molar-refractivity contribution in [3.8, 4) is 0 Å². The maximum atomic E-state index is 13.0. The molecule has 5 nitrogen and oxygen atoms in total. The van der Waals surface area contributed by atoms with Gasteiger partial charge >= 0.3 is 0 Å². The SMILES string of the molecule is Cc1ccc(C(=O)N2CC[C@@H](N(C)C)[C@@H]2Cc2cnn(C)c2)cc1. The molecule has 0 N–H and O–H groups in total. The van der Waals surface area contributed by atoms with Gasteiger partial charge in [0.05, 0.1) is 12.2 Å². The van der Waals surface area contributed by atoms with E-state index in [1.54, 1.807) is 0 Å². The summed E-state index contributed by atoms with van der Waals surface area (Å²) >= 11 is 0. The topological polar surface area (TPSA) is 41.4 Å². The second-order valence-corrected chi connectivity index (χ2v) is 6.98. The van der Waals surface area contributed by atoms with E-state index in [0.29, 0.717) is 6.04 Å². The Morgan fingerprint density at radius 1 is 1.29 bits per heavy atom. The normalized spacial score (nSPS) is 20.8. The lowest BCUT2D eigenvalue weighted by Gasteiger charge is -2.31. The molecule has 3 rings (SSSR count). The molecule has 1 aromatic carbocycles. The third-order valence-electron chi connectivity index (χ3n) is 4.94. The molecule has 1 aromatic heterocycles. The molecule has 1 amide bonds. The van der Waals surface area contributed by atoms with Gasteiger partial charge in [0.25, 0.3) is 5.91 Å². The van der Waals surface area contributed by atoms with Crippen LogP contribution in [0.4, 0.5) is 0 Å². The quantitative estimate of drug-likeness (QED) is 0.864. The molecule has 1 fully saturated rings. The van der Waals surface area contributed by atoms with Crippen LogP contribution in [0.3, 0.4) is 0 Å². The van der Waals surface area contributed by atoms with Crippen LogP contribution in [0.2, 0.25) is 0 Å². The molecule has 1 saturated heterocycles. The Labute approximate surface area is 143 Å². The van der Waals surface area contributed by atoms with Gasteiger partial charge in [0, 0.05) is 31.4 Å². The molecule has 0 bridgehead atoms. The summed E-state index contributed by atoms with van der Waals surface area (Å²) in [7, 11) is 6.12. The molecular weight excluding hydrogens is 300 g/mol. The predicted molar refractivity (Wildman–Crippen MR) is 95.0 cm³/mol. The zero-order valence-corrected chi connectivity index (χ0v) is 14.9. The van der Waals surface area contributed by atoms with Crippen molar-refractivity contribution in [2.75, 3.05) is 20.6 Å². The highest BCUT2D eigenvalue weighted by molar-refractivity contribution is 5.94. The molecule has 0 unspecified atom stereocenters. The van der Waals surface area contributed by atoms with Gasteiger partial charge in [0.15, 0.2) is 0 Å². The van der Waals surface area contributed by atoms with Crippen LogP contribution in [-0.2, 0) is 13.5 Å². The molecule has 1 aliphatic heterocycles. The Hall–Kier alpha value is -2.14. The van der Waals surface area contributed by atoms with Crippen molar-refractivity contribution in [3.05, 3.63) is 53.3 Å². The Morgan fingerprint density at radius 3 is 2.58 bits per heavy atom. The van der Waals surface area contributed by atoms with Crippen molar-refractivity contribution >= 4 is 5.91 Å². The molecule has 0 saturated carbocycles. The van der Waals surface area contributed by atoms with Gasteiger partial charge in [-0.05, 0) is 51.6 Å². The number of hydrogen-bond donors (Lipinski definition) is 0. The first kappa shape index (κ1) is 16.7. The lowest BCUT2D eigenvalue weighted by Crippen LogP contribution is -2.45. The van der Waals surface area contributed by atoms with Crippen LogP contribution in [0.5, 0.6) is 0 Å². The number of aromatic nitrogens is 2. The average molecular weight is 326 g/mol. The molecule has 24 heavy (non-hydrogen) atoms. The number of aryl methyl sites for hydroxylation is 2. The number of rotatable bonds is 4. The number of carbonyl (C=O) groups is 1. The molecule has 0 spiro atoms. The highest BCUT2D eigenvalue weighted by atomic mass is 16.2. The van der Waals surface area contributed by atoms with Crippen molar-refractivity contribution in [2.24, 2.45) is 7.05 Å². The fourth-order valence-corrected chi connectivity index (χ4v) is 3.62. The summed E-state index contributed by atoms with van der Waals surface area (Å²) in [6.45, 7) is 2.85. The van der Waals surface area contributed by atoms with E-state index >= 15 is 0 Å². The van der Waals surface area contributed by atoms with Gasteiger partial charge in [0.2, 0.25) is 0 Å². The Morgan fingerprint density at radius 2 is 2.00 bits per heavy atom. The summed E-state index contributed by atoms with van der Waals surface area (Å²) in [6, 6.07) is 8.42. The maximum absolute atomic E-state index is 13.0. The maximum Gasteiger partial charge on any atom is 0.254 e. The summed E-state index contributed by atoms with van der Waals surface area (Å²) in [4.78, 5) is 17.3. The number of carbonyl (C=O) groups excluding carboxylic acids is 1. The summed E-state index contributed by atoms with van der Waals surface area (Å²) in [5, 5.41) is 4.27. The Balaban J connectivity index is 1.84. The van der Waals surface area contributed by atoms with Crippen molar-refractivity contribution in [3.63, 3.8) is 0 Å². The summed E-state index contributed by atoms with van der Waals surface area (Å²) in [6.07, 6.45) is 5.79.